The van der Waals surface area contributed by atoms with Crippen molar-refractivity contribution in [1.82, 2.24) is 4.98 Å². The topological polar surface area (TPSA) is 12.9 Å². The van der Waals surface area contributed by atoms with Crippen molar-refractivity contribution in [1.29, 1.82) is 0 Å². The second-order valence-corrected chi connectivity index (χ2v) is 8.97. The van der Waals surface area contributed by atoms with Crippen molar-refractivity contribution in [2.75, 3.05) is 0 Å². The molecule has 0 radical (unpaired) electrons. The molecule has 0 N–H and O–H groups in total. The minimum absolute atomic E-state index is 1.23. The van der Waals surface area contributed by atoms with Crippen molar-refractivity contribution in [2.24, 2.45) is 0 Å². The van der Waals surface area contributed by atoms with Crippen LogP contribution in [0, 0.1) is 0 Å². The predicted octanol–water partition coefficient (Wildman–Crippen LogP) is 3.25. The fraction of sp³-hybridized carbons (Fsp3) is 0.133. The third kappa shape index (κ3) is 3.14. The third-order valence-electron chi connectivity index (χ3n) is 2.82. The van der Waals surface area contributed by atoms with Crippen molar-refractivity contribution in [2.45, 2.75) is 13.1 Å². The van der Waals surface area contributed by atoms with E-state index >= 15 is 0 Å². The molecule has 1 nitrogen and oxygen atoms in total. The van der Waals surface area contributed by atoms with E-state index in [4.69, 9.17) is 0 Å². The Morgan fingerprint density at radius 2 is 1.65 bits per heavy atom. The van der Waals surface area contributed by atoms with Crippen LogP contribution in [-0.4, -0.2) is 13.1 Å². The predicted molar refractivity (Wildman–Crippen MR) is 76.8 cm³/mol. The van der Waals surface area contributed by atoms with E-state index in [2.05, 4.69) is 66.3 Å². The highest BCUT2D eigenvalue weighted by Gasteiger charge is 2.20. The monoisotopic (exact) mass is 239 g/mol. The third-order valence-corrected chi connectivity index (χ3v) is 5.43. The normalized spacial score (nSPS) is 11.9. The van der Waals surface area contributed by atoms with Gasteiger partial charge in [-0.1, -0.05) is 61.3 Å². The van der Waals surface area contributed by atoms with Gasteiger partial charge in [-0.25, -0.2) is 0 Å². The van der Waals surface area contributed by atoms with E-state index in [1.807, 2.05) is 18.3 Å². The van der Waals surface area contributed by atoms with E-state index < -0.39 is 8.07 Å². The zero-order valence-electron chi connectivity index (χ0n) is 10.3. The molecule has 2 rings (SSSR count). The van der Waals surface area contributed by atoms with Crippen LogP contribution in [0.4, 0.5) is 0 Å². The summed E-state index contributed by atoms with van der Waals surface area (Å²) in [5.74, 6) is 0. The summed E-state index contributed by atoms with van der Waals surface area (Å²) in [5.41, 5.74) is 3.59. The van der Waals surface area contributed by atoms with Gasteiger partial charge in [-0.2, -0.15) is 0 Å². The molecule has 0 fully saturated rings. The van der Waals surface area contributed by atoms with E-state index in [0.717, 1.165) is 0 Å². The summed E-state index contributed by atoms with van der Waals surface area (Å²) < 4.78 is 0. The fourth-order valence-corrected chi connectivity index (χ4v) is 3.41. The van der Waals surface area contributed by atoms with Gasteiger partial charge in [-0.05, 0) is 17.7 Å². The Morgan fingerprint density at radius 3 is 2.29 bits per heavy atom. The second kappa shape index (κ2) is 5.10. The molecular formula is C15H17NSi. The van der Waals surface area contributed by atoms with Gasteiger partial charge in [0.15, 0.2) is 0 Å². The Bertz CT molecular complexity index is 489. The molecule has 1 aromatic heterocycles. The molecule has 0 bridgehead atoms. The van der Waals surface area contributed by atoms with Gasteiger partial charge in [0.25, 0.3) is 0 Å². The van der Waals surface area contributed by atoms with Crippen molar-refractivity contribution in [3.63, 3.8) is 0 Å². The summed E-state index contributed by atoms with van der Waals surface area (Å²) in [7, 11) is -1.55. The zero-order chi connectivity index (χ0) is 12.1. The smallest absolute Gasteiger partial charge is 0.127 e. The summed E-state index contributed by atoms with van der Waals surface area (Å²) in [6.07, 6.45) is 4.08. The van der Waals surface area contributed by atoms with Crippen molar-refractivity contribution in [3.8, 4) is 0 Å². The largest absolute Gasteiger partial charge is 0.266 e. The van der Waals surface area contributed by atoms with Crippen LogP contribution in [0.2, 0.25) is 13.1 Å². The van der Waals surface area contributed by atoms with Crippen molar-refractivity contribution < 1.29 is 0 Å². The Kier molecular flexibility index (Phi) is 3.54. The number of nitrogens with zero attached hydrogens (tertiary/aromatic N) is 1. The summed E-state index contributed by atoms with van der Waals surface area (Å²) in [4.78, 5) is 4.47. The lowest BCUT2D eigenvalue weighted by atomic mass is 10.2. The number of pyridine rings is 1. The van der Waals surface area contributed by atoms with Gasteiger partial charge in [0, 0.05) is 11.5 Å². The highest BCUT2D eigenvalue weighted by molar-refractivity contribution is 6.93. The molecule has 17 heavy (non-hydrogen) atoms. The lowest BCUT2D eigenvalue weighted by Crippen LogP contribution is -2.41. The van der Waals surface area contributed by atoms with Crippen LogP contribution in [0.1, 0.15) is 5.56 Å². The average molecular weight is 239 g/mol. The molecule has 0 atom stereocenters. The van der Waals surface area contributed by atoms with Crippen LogP contribution in [-0.2, 0) is 0 Å². The second-order valence-electron chi connectivity index (χ2n) is 4.68. The summed E-state index contributed by atoms with van der Waals surface area (Å²) in [5, 5.41) is 1.23. The first-order valence-corrected chi connectivity index (χ1v) is 8.92. The maximum Gasteiger partial charge on any atom is 0.127 e. The standard InChI is InChI=1S/C15H17NSi/c1-17(2,15-10-6-7-12-16-15)13-11-14-8-4-3-5-9-14/h3-13H,1-2H3/b13-11+. The first-order chi connectivity index (χ1) is 8.18. The molecule has 0 saturated heterocycles. The van der Waals surface area contributed by atoms with Crippen molar-refractivity contribution >= 4 is 19.5 Å². The molecule has 0 spiro atoms. The molecule has 0 saturated carbocycles. The van der Waals surface area contributed by atoms with Gasteiger partial charge in [0.2, 0.25) is 0 Å². The molecule has 1 aromatic carbocycles. The SMILES string of the molecule is C[Si](C)(/C=C/c1ccccc1)c1ccccn1. The Morgan fingerprint density at radius 1 is 0.941 bits per heavy atom. The lowest BCUT2D eigenvalue weighted by molar-refractivity contribution is 1.37. The maximum atomic E-state index is 4.47. The van der Waals surface area contributed by atoms with E-state index in [0.29, 0.717) is 0 Å². The molecule has 0 aliphatic rings. The van der Waals surface area contributed by atoms with E-state index in [1.165, 1.54) is 10.9 Å². The average Bonchev–Trinajstić information content (AvgIpc) is 2.39. The van der Waals surface area contributed by atoms with E-state index in [1.54, 1.807) is 0 Å². The first kappa shape index (κ1) is 11.8. The molecule has 0 amide bonds. The van der Waals surface area contributed by atoms with Crippen LogP contribution >= 0.6 is 0 Å². The summed E-state index contributed by atoms with van der Waals surface area (Å²) >= 11 is 0. The first-order valence-electron chi connectivity index (χ1n) is 5.84. The van der Waals surface area contributed by atoms with Crippen LogP contribution in [0.5, 0.6) is 0 Å². The Hall–Kier alpha value is -1.67. The lowest BCUT2D eigenvalue weighted by Gasteiger charge is -2.16. The van der Waals surface area contributed by atoms with E-state index in [9.17, 15) is 0 Å². The molecule has 2 aromatic rings. The van der Waals surface area contributed by atoms with Crippen LogP contribution in [0.3, 0.4) is 0 Å². The highest BCUT2D eigenvalue weighted by atomic mass is 28.3. The molecular weight excluding hydrogens is 222 g/mol. The molecule has 0 unspecified atom stereocenters. The van der Waals surface area contributed by atoms with Gasteiger partial charge in [-0.3, -0.25) is 4.98 Å². The van der Waals surface area contributed by atoms with Gasteiger partial charge in [-0.15, -0.1) is 0 Å². The van der Waals surface area contributed by atoms with E-state index in [-0.39, 0.29) is 0 Å². The zero-order valence-corrected chi connectivity index (χ0v) is 11.3. The minimum atomic E-state index is -1.55. The minimum Gasteiger partial charge on any atom is -0.266 e. The number of benzene rings is 1. The molecule has 0 aliphatic carbocycles. The van der Waals surface area contributed by atoms with Crippen LogP contribution in [0.25, 0.3) is 6.08 Å². The molecule has 1 heterocycles. The van der Waals surface area contributed by atoms with Gasteiger partial charge in [0.05, 0.1) is 0 Å². The van der Waals surface area contributed by atoms with Gasteiger partial charge >= 0.3 is 0 Å². The molecule has 86 valence electrons. The summed E-state index contributed by atoms with van der Waals surface area (Å²) in [6, 6.07) is 16.6. The number of rotatable bonds is 3. The van der Waals surface area contributed by atoms with Gasteiger partial charge in [0.1, 0.15) is 8.07 Å². The Labute approximate surface area is 104 Å². The Balaban J connectivity index is 2.21. The highest BCUT2D eigenvalue weighted by Crippen LogP contribution is 2.08. The number of hydrogen-bond donors (Lipinski definition) is 0. The molecule has 0 aliphatic heterocycles. The van der Waals surface area contributed by atoms with Gasteiger partial charge < -0.3 is 0 Å². The van der Waals surface area contributed by atoms with Crippen LogP contribution < -0.4 is 5.32 Å². The summed E-state index contributed by atoms with van der Waals surface area (Å²) in [6.45, 7) is 4.63. The maximum absolute atomic E-state index is 4.47. The fourth-order valence-electron chi connectivity index (χ4n) is 1.70. The number of aromatic nitrogens is 1. The quantitative estimate of drug-likeness (QED) is 0.749. The van der Waals surface area contributed by atoms with Crippen LogP contribution in [0.15, 0.2) is 60.4 Å². The van der Waals surface area contributed by atoms with Crippen molar-refractivity contribution in [3.05, 3.63) is 66.0 Å². The number of hydrogen-bond acceptors (Lipinski definition) is 1. The molecule has 2 heteroatoms.